The van der Waals surface area contributed by atoms with Gasteiger partial charge in [-0.15, -0.1) is 0 Å². The second-order valence-electron chi connectivity index (χ2n) is 6.44. The Morgan fingerprint density at radius 1 is 1.36 bits per heavy atom. The molecule has 0 fully saturated rings. The number of carboxylic acid groups (broad SMARTS) is 1. The van der Waals surface area contributed by atoms with Gasteiger partial charge >= 0.3 is 12.1 Å². The van der Waals surface area contributed by atoms with Gasteiger partial charge in [0.05, 0.1) is 5.69 Å². The van der Waals surface area contributed by atoms with Crippen molar-refractivity contribution in [2.45, 2.75) is 45.3 Å². The highest BCUT2D eigenvalue weighted by Crippen LogP contribution is 2.30. The van der Waals surface area contributed by atoms with E-state index in [4.69, 9.17) is 15.6 Å². The van der Waals surface area contributed by atoms with Crippen LogP contribution in [0.2, 0.25) is 0 Å². The molecule has 1 atom stereocenters. The summed E-state index contributed by atoms with van der Waals surface area (Å²) in [6, 6.07) is 4.11. The molecule has 0 aromatic heterocycles. The number of hydrogen-bond donors (Lipinski definition) is 2. The molecule has 120 valence electrons. The van der Waals surface area contributed by atoms with E-state index in [1.807, 2.05) is 20.8 Å². The summed E-state index contributed by atoms with van der Waals surface area (Å²) < 4.78 is 5.42. The van der Waals surface area contributed by atoms with Crippen LogP contribution in [-0.2, 0) is 16.0 Å². The van der Waals surface area contributed by atoms with Crippen molar-refractivity contribution in [3.05, 3.63) is 29.3 Å². The number of carbonyl (C=O) groups excluding carboxylic acids is 1. The molecule has 1 heterocycles. The number of amides is 1. The Morgan fingerprint density at radius 3 is 2.64 bits per heavy atom. The molecule has 1 unspecified atom stereocenters. The maximum absolute atomic E-state index is 12.3. The number of aryl methyl sites for hydroxylation is 1. The normalized spacial score (nSPS) is 15.9. The molecule has 0 aliphatic carbocycles. The number of carboxylic acids is 1. The van der Waals surface area contributed by atoms with E-state index in [2.05, 4.69) is 0 Å². The lowest BCUT2D eigenvalue weighted by atomic mass is 9.97. The maximum atomic E-state index is 12.3. The first-order valence-electron chi connectivity index (χ1n) is 7.31. The molecule has 1 aromatic rings. The number of ether oxygens (including phenoxy) is 1. The van der Waals surface area contributed by atoms with Gasteiger partial charge in [-0.2, -0.15) is 0 Å². The fourth-order valence-corrected chi connectivity index (χ4v) is 2.46. The van der Waals surface area contributed by atoms with E-state index in [-0.39, 0.29) is 6.09 Å². The third-order valence-corrected chi connectivity index (χ3v) is 3.46. The van der Waals surface area contributed by atoms with Crippen molar-refractivity contribution in [2.75, 3.05) is 11.4 Å². The molecule has 0 spiro atoms. The molecule has 0 saturated carbocycles. The van der Waals surface area contributed by atoms with Gasteiger partial charge in [0.15, 0.2) is 0 Å². The minimum atomic E-state index is -1.07. The summed E-state index contributed by atoms with van der Waals surface area (Å²) >= 11 is 0. The van der Waals surface area contributed by atoms with Crippen molar-refractivity contribution in [1.82, 2.24) is 0 Å². The third kappa shape index (κ3) is 3.57. The summed E-state index contributed by atoms with van der Waals surface area (Å²) in [5.74, 6) is -1.07. The lowest BCUT2D eigenvalue weighted by Crippen LogP contribution is -2.39. The van der Waals surface area contributed by atoms with Crippen molar-refractivity contribution in [1.29, 1.82) is 0 Å². The zero-order valence-corrected chi connectivity index (χ0v) is 13.1. The first-order valence-corrected chi connectivity index (χ1v) is 7.31. The molecule has 1 amide bonds. The number of hydrogen-bond acceptors (Lipinski definition) is 4. The van der Waals surface area contributed by atoms with Crippen LogP contribution in [0.25, 0.3) is 0 Å². The predicted octanol–water partition coefficient (Wildman–Crippen LogP) is 2.46. The van der Waals surface area contributed by atoms with Gasteiger partial charge in [0.25, 0.3) is 0 Å². The number of fused-ring (bicyclic) bond motifs is 1. The van der Waals surface area contributed by atoms with E-state index < -0.39 is 17.6 Å². The molecule has 0 radical (unpaired) electrons. The van der Waals surface area contributed by atoms with Crippen LogP contribution >= 0.6 is 0 Å². The molecule has 6 heteroatoms. The second-order valence-corrected chi connectivity index (χ2v) is 6.44. The van der Waals surface area contributed by atoms with E-state index in [0.717, 1.165) is 24.1 Å². The van der Waals surface area contributed by atoms with Crippen molar-refractivity contribution in [3.63, 3.8) is 0 Å². The first kappa shape index (κ1) is 16.3. The Morgan fingerprint density at radius 2 is 2.05 bits per heavy atom. The largest absolute Gasteiger partial charge is 0.480 e. The smallest absolute Gasteiger partial charge is 0.414 e. The van der Waals surface area contributed by atoms with Crippen LogP contribution in [0.15, 0.2) is 18.2 Å². The summed E-state index contributed by atoms with van der Waals surface area (Å²) in [4.78, 5) is 24.9. The fourth-order valence-electron chi connectivity index (χ4n) is 2.46. The van der Waals surface area contributed by atoms with Crippen molar-refractivity contribution < 1.29 is 19.4 Å². The number of nitrogens with zero attached hydrogens (tertiary/aromatic N) is 1. The van der Waals surface area contributed by atoms with Crippen LogP contribution in [0, 0.1) is 0 Å². The Kier molecular flexibility index (Phi) is 4.42. The molecular formula is C16H22N2O4. The van der Waals surface area contributed by atoms with Gasteiger partial charge in [0.1, 0.15) is 11.6 Å². The molecular weight excluding hydrogens is 284 g/mol. The van der Waals surface area contributed by atoms with E-state index in [0.29, 0.717) is 12.1 Å². The number of carbonyl (C=O) groups is 2. The zero-order chi connectivity index (χ0) is 16.5. The summed E-state index contributed by atoms with van der Waals surface area (Å²) in [7, 11) is 0. The summed E-state index contributed by atoms with van der Waals surface area (Å²) in [6.45, 7) is 6.06. The van der Waals surface area contributed by atoms with Crippen molar-refractivity contribution >= 4 is 17.7 Å². The van der Waals surface area contributed by atoms with E-state index >= 15 is 0 Å². The Labute approximate surface area is 129 Å². The number of nitrogens with two attached hydrogens (primary N) is 1. The fraction of sp³-hybridized carbons (Fsp3) is 0.500. The Bertz CT molecular complexity index is 592. The van der Waals surface area contributed by atoms with Crippen LogP contribution in [0.5, 0.6) is 0 Å². The van der Waals surface area contributed by atoms with Crippen LogP contribution in [0.3, 0.4) is 0 Å². The van der Waals surface area contributed by atoms with Gasteiger partial charge in [0, 0.05) is 6.54 Å². The summed E-state index contributed by atoms with van der Waals surface area (Å²) in [5, 5.41) is 9.00. The number of aliphatic carboxylic acids is 1. The quantitative estimate of drug-likeness (QED) is 0.875. The second kappa shape index (κ2) is 5.96. The lowest BCUT2D eigenvalue weighted by Gasteiger charge is -2.32. The first-order chi connectivity index (χ1) is 10.2. The molecule has 2 rings (SSSR count). The van der Waals surface area contributed by atoms with E-state index in [1.165, 1.54) is 0 Å². The van der Waals surface area contributed by atoms with Crippen LogP contribution in [0.1, 0.15) is 44.4 Å². The highest BCUT2D eigenvalue weighted by atomic mass is 16.6. The van der Waals surface area contributed by atoms with Gasteiger partial charge in [-0.1, -0.05) is 12.1 Å². The van der Waals surface area contributed by atoms with E-state index in [9.17, 15) is 9.59 Å². The molecule has 0 bridgehead atoms. The highest BCUT2D eigenvalue weighted by molar-refractivity contribution is 5.89. The average Bonchev–Trinajstić information content (AvgIpc) is 2.43. The maximum Gasteiger partial charge on any atom is 0.414 e. The minimum Gasteiger partial charge on any atom is -0.480 e. The average molecular weight is 306 g/mol. The van der Waals surface area contributed by atoms with Gasteiger partial charge in [0.2, 0.25) is 0 Å². The highest BCUT2D eigenvalue weighted by Gasteiger charge is 2.28. The SMILES string of the molecule is CC(C)(C)OC(=O)N1CCCc2cc(C(N)C(=O)O)ccc21. The third-order valence-electron chi connectivity index (χ3n) is 3.46. The molecule has 3 N–H and O–H groups in total. The van der Waals surface area contributed by atoms with Crippen LogP contribution in [-0.4, -0.2) is 29.3 Å². The molecule has 1 aromatic carbocycles. The number of benzene rings is 1. The van der Waals surface area contributed by atoms with E-state index in [1.54, 1.807) is 23.1 Å². The van der Waals surface area contributed by atoms with Crippen LogP contribution < -0.4 is 10.6 Å². The lowest BCUT2D eigenvalue weighted by molar-refractivity contribution is -0.138. The van der Waals surface area contributed by atoms with Crippen molar-refractivity contribution in [2.24, 2.45) is 5.73 Å². The molecule has 1 aliphatic rings. The number of rotatable bonds is 2. The Hall–Kier alpha value is -2.08. The Balaban J connectivity index is 2.28. The standard InChI is InChI=1S/C16H22N2O4/c1-16(2,3)22-15(21)18-8-4-5-10-9-11(6-7-12(10)18)13(17)14(19)20/h6-7,9,13H,4-5,8,17H2,1-3H3,(H,19,20). The zero-order valence-electron chi connectivity index (χ0n) is 13.1. The molecule has 22 heavy (non-hydrogen) atoms. The molecule has 0 saturated heterocycles. The number of anilines is 1. The van der Waals surface area contributed by atoms with Crippen LogP contribution in [0.4, 0.5) is 10.5 Å². The summed E-state index contributed by atoms with van der Waals surface area (Å²) in [6.07, 6.45) is 1.20. The molecule has 1 aliphatic heterocycles. The summed E-state index contributed by atoms with van der Waals surface area (Å²) in [5.41, 5.74) is 7.32. The minimum absolute atomic E-state index is 0.385. The monoisotopic (exact) mass is 306 g/mol. The molecule has 6 nitrogen and oxygen atoms in total. The van der Waals surface area contributed by atoms with Gasteiger partial charge in [-0.3, -0.25) is 9.69 Å². The predicted molar refractivity (Wildman–Crippen MR) is 82.9 cm³/mol. The van der Waals surface area contributed by atoms with Crippen molar-refractivity contribution in [3.8, 4) is 0 Å². The topological polar surface area (TPSA) is 92.9 Å². The van der Waals surface area contributed by atoms with Gasteiger partial charge < -0.3 is 15.6 Å². The van der Waals surface area contributed by atoms with Gasteiger partial charge in [-0.25, -0.2) is 4.79 Å². The van der Waals surface area contributed by atoms with Gasteiger partial charge in [-0.05, 0) is 50.8 Å².